The zero-order valence-electron chi connectivity index (χ0n) is 14.6. The molecule has 1 amide bonds. The fourth-order valence-corrected chi connectivity index (χ4v) is 2.57. The molecule has 134 valence electrons. The average molecular weight is 353 g/mol. The highest BCUT2D eigenvalue weighted by Gasteiger charge is 2.17. The van der Waals surface area contributed by atoms with E-state index in [9.17, 15) is 9.59 Å². The van der Waals surface area contributed by atoms with E-state index >= 15 is 0 Å². The third-order valence-electron chi connectivity index (χ3n) is 4.02. The van der Waals surface area contributed by atoms with E-state index in [1.807, 2.05) is 55.5 Å². The van der Waals surface area contributed by atoms with Crippen LogP contribution in [-0.4, -0.2) is 22.7 Å². The van der Waals surface area contributed by atoms with Gasteiger partial charge in [-0.2, -0.15) is 0 Å². The summed E-state index contributed by atoms with van der Waals surface area (Å²) in [5.41, 5.74) is 2.62. The molecule has 0 unspecified atom stereocenters. The summed E-state index contributed by atoms with van der Waals surface area (Å²) in [7, 11) is 1.60. The lowest BCUT2D eigenvalue weighted by Crippen LogP contribution is -2.30. The molecule has 2 aromatic carbocycles. The normalized spacial score (nSPS) is 10.5. The van der Waals surface area contributed by atoms with Gasteiger partial charge in [-0.05, 0) is 30.2 Å². The molecule has 0 saturated carbocycles. The number of hydrogen-bond acceptors (Lipinski definition) is 5. The fraction of sp³-hybridized carbons (Fsp3) is 0.211. The van der Waals surface area contributed by atoms with Crippen molar-refractivity contribution in [3.05, 3.63) is 70.2 Å². The van der Waals surface area contributed by atoms with Gasteiger partial charge in [0.2, 0.25) is 5.91 Å². The molecule has 7 heteroatoms. The number of nitrogens with zero attached hydrogens (tertiary/aromatic N) is 2. The Hall–Kier alpha value is -3.35. The van der Waals surface area contributed by atoms with Crippen molar-refractivity contribution in [1.82, 2.24) is 15.0 Å². The summed E-state index contributed by atoms with van der Waals surface area (Å²) in [5, 5.41) is 6.61. The molecule has 0 bridgehead atoms. The van der Waals surface area contributed by atoms with E-state index < -0.39 is 5.76 Å². The lowest BCUT2D eigenvalue weighted by Gasteiger charge is -2.08. The van der Waals surface area contributed by atoms with Crippen LogP contribution in [-0.2, 0) is 17.9 Å². The van der Waals surface area contributed by atoms with Gasteiger partial charge in [-0.3, -0.25) is 9.32 Å². The summed E-state index contributed by atoms with van der Waals surface area (Å²) in [6.07, 6.45) is 0. The molecule has 0 fully saturated rings. The standard InChI is InChI=1S/C19H19N3O4/c1-13-5-3-4-6-16(13)18-21-26-19(24)22(18)12-17(23)20-11-14-7-9-15(25-2)10-8-14/h3-10H,11-12H2,1-2H3,(H,20,23). The predicted molar refractivity (Wildman–Crippen MR) is 95.8 cm³/mol. The Morgan fingerprint density at radius 1 is 1.19 bits per heavy atom. The highest BCUT2D eigenvalue weighted by molar-refractivity contribution is 5.76. The molecule has 0 spiro atoms. The van der Waals surface area contributed by atoms with Crippen molar-refractivity contribution in [2.45, 2.75) is 20.0 Å². The van der Waals surface area contributed by atoms with Crippen LogP contribution in [0.2, 0.25) is 0 Å². The molecule has 1 aromatic heterocycles. The second-order valence-electron chi connectivity index (χ2n) is 5.80. The average Bonchev–Trinajstić information content (AvgIpc) is 3.01. The van der Waals surface area contributed by atoms with E-state index in [1.54, 1.807) is 7.11 Å². The molecule has 1 heterocycles. The summed E-state index contributed by atoms with van der Waals surface area (Å²) in [5.74, 6) is 0.121. The number of carbonyl (C=O) groups is 1. The van der Waals surface area contributed by atoms with Gasteiger partial charge in [0.15, 0.2) is 5.82 Å². The van der Waals surface area contributed by atoms with Crippen molar-refractivity contribution in [2.75, 3.05) is 7.11 Å². The number of aryl methyl sites for hydroxylation is 1. The molecule has 0 aliphatic carbocycles. The number of amides is 1. The van der Waals surface area contributed by atoms with Crippen LogP contribution in [0.3, 0.4) is 0 Å². The predicted octanol–water partition coefficient (Wildman–Crippen LogP) is 2.14. The van der Waals surface area contributed by atoms with Crippen molar-refractivity contribution in [3.8, 4) is 17.1 Å². The molecule has 26 heavy (non-hydrogen) atoms. The summed E-state index contributed by atoms with van der Waals surface area (Å²) in [4.78, 5) is 24.2. The van der Waals surface area contributed by atoms with Crippen molar-refractivity contribution >= 4 is 5.91 Å². The molecule has 0 saturated heterocycles. The van der Waals surface area contributed by atoms with E-state index in [-0.39, 0.29) is 12.5 Å². The van der Waals surface area contributed by atoms with Gasteiger partial charge in [0.05, 0.1) is 7.11 Å². The van der Waals surface area contributed by atoms with Gasteiger partial charge < -0.3 is 10.1 Å². The number of rotatable bonds is 6. The van der Waals surface area contributed by atoms with E-state index in [0.29, 0.717) is 12.4 Å². The van der Waals surface area contributed by atoms with E-state index in [0.717, 1.165) is 22.4 Å². The maximum absolute atomic E-state index is 12.3. The van der Waals surface area contributed by atoms with Crippen LogP contribution in [0.15, 0.2) is 57.8 Å². The second kappa shape index (κ2) is 7.69. The topological polar surface area (TPSA) is 86.4 Å². The second-order valence-corrected chi connectivity index (χ2v) is 5.80. The Balaban J connectivity index is 1.71. The number of hydrogen-bond donors (Lipinski definition) is 1. The lowest BCUT2D eigenvalue weighted by atomic mass is 10.1. The molecule has 3 aromatic rings. The number of aromatic nitrogens is 2. The van der Waals surface area contributed by atoms with Crippen LogP contribution in [0.1, 0.15) is 11.1 Å². The molecule has 0 radical (unpaired) electrons. The van der Waals surface area contributed by atoms with Crippen molar-refractivity contribution < 1.29 is 14.1 Å². The number of methoxy groups -OCH3 is 1. The minimum absolute atomic E-state index is 0.165. The van der Waals surface area contributed by atoms with Gasteiger partial charge in [0.1, 0.15) is 12.3 Å². The zero-order chi connectivity index (χ0) is 18.5. The van der Waals surface area contributed by atoms with E-state index in [4.69, 9.17) is 9.26 Å². The molecule has 3 rings (SSSR count). The number of nitrogens with one attached hydrogen (secondary N) is 1. The van der Waals surface area contributed by atoms with Crippen molar-refractivity contribution in [1.29, 1.82) is 0 Å². The minimum atomic E-state index is -0.664. The molecular weight excluding hydrogens is 334 g/mol. The Morgan fingerprint density at radius 2 is 1.92 bits per heavy atom. The van der Waals surface area contributed by atoms with Crippen LogP contribution < -0.4 is 15.8 Å². The molecule has 0 atom stereocenters. The first-order chi connectivity index (χ1) is 12.6. The monoisotopic (exact) mass is 353 g/mol. The van der Waals surface area contributed by atoms with Crippen LogP contribution >= 0.6 is 0 Å². The van der Waals surface area contributed by atoms with Crippen LogP contribution in [0.4, 0.5) is 0 Å². The minimum Gasteiger partial charge on any atom is -0.497 e. The maximum Gasteiger partial charge on any atom is 0.442 e. The molecule has 1 N–H and O–H groups in total. The molecular formula is C19H19N3O4. The summed E-state index contributed by atoms with van der Waals surface area (Å²) in [6, 6.07) is 14.8. The van der Waals surface area contributed by atoms with Gasteiger partial charge in [-0.1, -0.05) is 41.6 Å². The first-order valence-corrected chi connectivity index (χ1v) is 8.10. The first kappa shape index (κ1) is 17.5. The molecule has 7 nitrogen and oxygen atoms in total. The number of ether oxygens (including phenoxy) is 1. The Bertz CT molecular complexity index is 957. The Morgan fingerprint density at radius 3 is 2.62 bits per heavy atom. The third kappa shape index (κ3) is 3.83. The zero-order valence-corrected chi connectivity index (χ0v) is 14.6. The van der Waals surface area contributed by atoms with Gasteiger partial charge >= 0.3 is 5.76 Å². The highest BCUT2D eigenvalue weighted by Crippen LogP contribution is 2.20. The summed E-state index contributed by atoms with van der Waals surface area (Å²) in [6.45, 7) is 2.09. The van der Waals surface area contributed by atoms with Gasteiger partial charge in [-0.15, -0.1) is 0 Å². The van der Waals surface area contributed by atoms with Gasteiger partial charge in [0.25, 0.3) is 0 Å². The molecule has 0 aliphatic heterocycles. The maximum atomic E-state index is 12.3. The lowest BCUT2D eigenvalue weighted by molar-refractivity contribution is -0.121. The third-order valence-corrected chi connectivity index (χ3v) is 4.02. The fourth-order valence-electron chi connectivity index (χ4n) is 2.57. The SMILES string of the molecule is COc1ccc(CNC(=O)Cn2c(-c3ccccc3C)noc2=O)cc1. The van der Waals surface area contributed by atoms with E-state index in [1.165, 1.54) is 4.57 Å². The highest BCUT2D eigenvalue weighted by atomic mass is 16.5. The van der Waals surface area contributed by atoms with Crippen LogP contribution in [0, 0.1) is 6.92 Å². The smallest absolute Gasteiger partial charge is 0.442 e. The number of benzene rings is 2. The summed E-state index contributed by atoms with van der Waals surface area (Å²) < 4.78 is 11.1. The van der Waals surface area contributed by atoms with Crippen LogP contribution in [0.25, 0.3) is 11.4 Å². The number of carbonyl (C=O) groups excluding carboxylic acids is 1. The van der Waals surface area contributed by atoms with E-state index in [2.05, 4.69) is 10.5 Å². The Kier molecular flexibility index (Phi) is 5.17. The summed E-state index contributed by atoms with van der Waals surface area (Å²) >= 11 is 0. The van der Waals surface area contributed by atoms with Crippen LogP contribution in [0.5, 0.6) is 5.75 Å². The van der Waals surface area contributed by atoms with Crippen molar-refractivity contribution in [2.24, 2.45) is 0 Å². The largest absolute Gasteiger partial charge is 0.497 e. The molecule has 0 aliphatic rings. The first-order valence-electron chi connectivity index (χ1n) is 8.10. The van der Waals surface area contributed by atoms with Crippen molar-refractivity contribution in [3.63, 3.8) is 0 Å². The Labute approximate surface area is 150 Å². The quantitative estimate of drug-likeness (QED) is 0.734. The van der Waals surface area contributed by atoms with Gasteiger partial charge in [0, 0.05) is 12.1 Å². The van der Waals surface area contributed by atoms with Gasteiger partial charge in [-0.25, -0.2) is 9.36 Å².